The van der Waals surface area contributed by atoms with E-state index in [4.69, 9.17) is 11.6 Å². The summed E-state index contributed by atoms with van der Waals surface area (Å²) in [4.78, 5) is 10.7. The van der Waals surface area contributed by atoms with Crippen LogP contribution >= 0.6 is 11.6 Å². The number of nitro benzene ring substituents is 1. The molecule has 0 aliphatic heterocycles. The molecule has 3 rings (SSSR count). The fourth-order valence-electron chi connectivity index (χ4n) is 3.53. The molecular weight excluding hydrogens is 276 g/mol. The summed E-state index contributed by atoms with van der Waals surface area (Å²) in [5, 5.41) is 14.8. The maximum absolute atomic E-state index is 11.1. The molecule has 0 radical (unpaired) electrons. The Balaban J connectivity index is 1.77. The number of nitrogens with one attached hydrogen (secondary N) is 1. The van der Waals surface area contributed by atoms with Crippen LogP contribution in [0.5, 0.6) is 0 Å². The lowest BCUT2D eigenvalue weighted by molar-refractivity contribution is -0.384. The zero-order valence-electron chi connectivity index (χ0n) is 11.3. The smallest absolute Gasteiger partial charge is 0.293 e. The van der Waals surface area contributed by atoms with Crippen LogP contribution in [0.1, 0.15) is 19.8 Å². The van der Waals surface area contributed by atoms with Gasteiger partial charge in [0.1, 0.15) is 5.69 Å². The van der Waals surface area contributed by atoms with E-state index < -0.39 is 0 Å². The molecule has 0 amide bonds. The van der Waals surface area contributed by atoms with Gasteiger partial charge in [-0.05, 0) is 49.7 Å². The molecule has 1 aromatic carbocycles. The largest absolute Gasteiger partial charge is 0.377 e. The second kappa shape index (κ2) is 5.09. The Morgan fingerprint density at radius 1 is 1.40 bits per heavy atom. The third-order valence-electron chi connectivity index (χ3n) is 4.51. The van der Waals surface area contributed by atoms with Crippen LogP contribution in [0.4, 0.5) is 11.4 Å². The van der Waals surface area contributed by atoms with Gasteiger partial charge in [0.25, 0.3) is 5.69 Å². The van der Waals surface area contributed by atoms with Crippen LogP contribution in [0, 0.1) is 27.9 Å². The lowest BCUT2D eigenvalue weighted by Gasteiger charge is -2.27. The third-order valence-corrected chi connectivity index (χ3v) is 4.75. The highest BCUT2D eigenvalue weighted by atomic mass is 35.5. The first kappa shape index (κ1) is 13.4. The molecule has 4 nitrogen and oxygen atoms in total. The standard InChI is InChI=1S/C15H17ClN2O2/c1-9(13-7-10-2-3-11(13)6-10)17-14-5-4-12(16)8-15(14)18(19)20/h2-5,8-11,13,17H,6-7H2,1H3. The number of fused-ring (bicyclic) bond motifs is 2. The maximum atomic E-state index is 11.1. The zero-order chi connectivity index (χ0) is 14.3. The predicted octanol–water partition coefficient (Wildman–Crippen LogP) is 4.26. The lowest BCUT2D eigenvalue weighted by Crippen LogP contribution is -2.29. The SMILES string of the molecule is CC(Nc1ccc(Cl)cc1[N+](=O)[O-])C1CC2C=CC1C2. The summed E-state index contributed by atoms with van der Waals surface area (Å²) in [5.41, 5.74) is 0.599. The van der Waals surface area contributed by atoms with E-state index in [1.807, 2.05) is 0 Å². The summed E-state index contributed by atoms with van der Waals surface area (Å²) < 4.78 is 0. The average molecular weight is 293 g/mol. The number of anilines is 1. The quantitative estimate of drug-likeness (QED) is 0.512. The molecule has 1 aromatic rings. The van der Waals surface area contributed by atoms with Crippen LogP contribution in [0.3, 0.4) is 0 Å². The van der Waals surface area contributed by atoms with Gasteiger partial charge in [-0.25, -0.2) is 0 Å². The van der Waals surface area contributed by atoms with Crippen molar-refractivity contribution in [2.75, 3.05) is 5.32 Å². The molecule has 5 heteroatoms. The van der Waals surface area contributed by atoms with Gasteiger partial charge in [0.05, 0.1) is 4.92 Å². The second-order valence-corrected chi connectivity index (χ2v) is 6.23. The van der Waals surface area contributed by atoms with Gasteiger partial charge in [0, 0.05) is 17.1 Å². The van der Waals surface area contributed by atoms with Gasteiger partial charge in [0.2, 0.25) is 0 Å². The number of halogens is 1. The molecule has 20 heavy (non-hydrogen) atoms. The number of nitrogens with zero attached hydrogens (tertiary/aromatic N) is 1. The molecule has 1 fully saturated rings. The van der Waals surface area contributed by atoms with Crippen molar-refractivity contribution in [3.05, 3.63) is 45.5 Å². The molecule has 1 N–H and O–H groups in total. The van der Waals surface area contributed by atoms with Crippen LogP contribution in [0.25, 0.3) is 0 Å². The zero-order valence-corrected chi connectivity index (χ0v) is 12.0. The summed E-state index contributed by atoms with van der Waals surface area (Å²) in [6, 6.07) is 5.00. The van der Waals surface area contributed by atoms with E-state index in [1.54, 1.807) is 12.1 Å². The highest BCUT2D eigenvalue weighted by Crippen LogP contribution is 2.45. The average Bonchev–Trinajstić information content (AvgIpc) is 3.03. The molecule has 4 unspecified atom stereocenters. The van der Waals surface area contributed by atoms with Crippen molar-refractivity contribution in [2.24, 2.45) is 17.8 Å². The van der Waals surface area contributed by atoms with Crippen molar-refractivity contribution in [1.29, 1.82) is 0 Å². The Morgan fingerprint density at radius 3 is 2.80 bits per heavy atom. The highest BCUT2D eigenvalue weighted by molar-refractivity contribution is 6.30. The Morgan fingerprint density at radius 2 is 2.20 bits per heavy atom. The number of benzene rings is 1. The normalized spacial score (nSPS) is 28.6. The minimum atomic E-state index is -0.387. The van der Waals surface area contributed by atoms with E-state index in [1.165, 1.54) is 18.9 Å². The first-order valence-corrected chi connectivity index (χ1v) is 7.31. The molecule has 2 aliphatic rings. The molecule has 2 bridgehead atoms. The van der Waals surface area contributed by atoms with E-state index in [0.29, 0.717) is 28.5 Å². The van der Waals surface area contributed by atoms with Crippen LogP contribution in [-0.2, 0) is 0 Å². The lowest BCUT2D eigenvalue weighted by atomic mass is 9.87. The van der Waals surface area contributed by atoms with Gasteiger partial charge in [-0.2, -0.15) is 0 Å². The van der Waals surface area contributed by atoms with Crippen LogP contribution in [0.15, 0.2) is 30.4 Å². The summed E-state index contributed by atoms with van der Waals surface area (Å²) >= 11 is 5.83. The fraction of sp³-hybridized carbons (Fsp3) is 0.467. The second-order valence-electron chi connectivity index (χ2n) is 5.80. The number of hydrogen-bond donors (Lipinski definition) is 1. The molecule has 0 saturated heterocycles. The third kappa shape index (κ3) is 2.40. The summed E-state index contributed by atoms with van der Waals surface area (Å²) in [6.45, 7) is 2.11. The first-order valence-electron chi connectivity index (χ1n) is 6.93. The molecule has 106 valence electrons. The molecule has 4 atom stereocenters. The maximum Gasteiger partial charge on any atom is 0.293 e. The number of hydrogen-bond acceptors (Lipinski definition) is 3. The van der Waals surface area contributed by atoms with E-state index in [2.05, 4.69) is 24.4 Å². The first-order chi connectivity index (χ1) is 9.54. The van der Waals surface area contributed by atoms with Crippen molar-refractivity contribution in [1.82, 2.24) is 0 Å². The molecule has 0 aromatic heterocycles. The topological polar surface area (TPSA) is 55.2 Å². The van der Waals surface area contributed by atoms with Gasteiger partial charge in [-0.1, -0.05) is 23.8 Å². The molecule has 2 aliphatic carbocycles. The van der Waals surface area contributed by atoms with Crippen molar-refractivity contribution >= 4 is 23.0 Å². The van der Waals surface area contributed by atoms with Crippen LogP contribution in [0.2, 0.25) is 5.02 Å². The molecular formula is C15H17ClN2O2. The van der Waals surface area contributed by atoms with E-state index in [-0.39, 0.29) is 16.7 Å². The number of nitro groups is 1. The van der Waals surface area contributed by atoms with E-state index in [9.17, 15) is 10.1 Å². The Labute approximate surface area is 123 Å². The van der Waals surface area contributed by atoms with Gasteiger partial charge in [-0.3, -0.25) is 10.1 Å². The highest BCUT2D eigenvalue weighted by Gasteiger charge is 2.38. The summed E-state index contributed by atoms with van der Waals surface area (Å²) in [5.74, 6) is 1.88. The van der Waals surface area contributed by atoms with Crippen molar-refractivity contribution in [2.45, 2.75) is 25.8 Å². The van der Waals surface area contributed by atoms with Crippen molar-refractivity contribution < 1.29 is 4.92 Å². The minimum Gasteiger partial charge on any atom is -0.377 e. The van der Waals surface area contributed by atoms with Gasteiger partial charge in [-0.15, -0.1) is 0 Å². The van der Waals surface area contributed by atoms with E-state index >= 15 is 0 Å². The van der Waals surface area contributed by atoms with Gasteiger partial charge >= 0.3 is 0 Å². The van der Waals surface area contributed by atoms with Gasteiger partial charge in [0.15, 0.2) is 0 Å². The summed E-state index contributed by atoms with van der Waals surface area (Å²) in [7, 11) is 0. The fourth-order valence-corrected chi connectivity index (χ4v) is 3.69. The van der Waals surface area contributed by atoms with Crippen LogP contribution < -0.4 is 5.32 Å². The molecule has 1 saturated carbocycles. The number of rotatable bonds is 4. The van der Waals surface area contributed by atoms with Crippen molar-refractivity contribution in [3.63, 3.8) is 0 Å². The monoisotopic (exact) mass is 292 g/mol. The number of allylic oxidation sites excluding steroid dienone is 2. The van der Waals surface area contributed by atoms with E-state index in [0.717, 1.165) is 0 Å². The van der Waals surface area contributed by atoms with Gasteiger partial charge < -0.3 is 5.32 Å². The molecule has 0 spiro atoms. The Hall–Kier alpha value is -1.55. The Kier molecular flexibility index (Phi) is 3.42. The predicted molar refractivity (Wildman–Crippen MR) is 80.0 cm³/mol. The summed E-state index contributed by atoms with van der Waals surface area (Å²) in [6.07, 6.45) is 7.02. The Bertz CT molecular complexity index is 573. The minimum absolute atomic E-state index is 0.0445. The van der Waals surface area contributed by atoms with Crippen LogP contribution in [-0.4, -0.2) is 11.0 Å². The van der Waals surface area contributed by atoms with Crippen molar-refractivity contribution in [3.8, 4) is 0 Å². The molecule has 0 heterocycles.